The highest BCUT2D eigenvalue weighted by molar-refractivity contribution is 5.80. The van der Waals surface area contributed by atoms with Gasteiger partial charge in [0.1, 0.15) is 0 Å². The lowest BCUT2D eigenvalue weighted by Crippen LogP contribution is -2.13. The summed E-state index contributed by atoms with van der Waals surface area (Å²) in [5.74, 6) is 0. The Bertz CT molecular complexity index is 679. The minimum atomic E-state index is 0.300. The van der Waals surface area contributed by atoms with E-state index in [1.54, 1.807) is 0 Å². The lowest BCUT2D eigenvalue weighted by molar-refractivity contribution is 0.655. The number of nitrogens with one attached hydrogen (secondary N) is 2. The summed E-state index contributed by atoms with van der Waals surface area (Å²) in [6, 6.07) is 19.6. The minimum Gasteiger partial charge on any atom is -0.357 e. The van der Waals surface area contributed by atoms with Crippen molar-refractivity contribution in [3.8, 4) is 0 Å². The first kappa shape index (κ1) is 9.92. The maximum absolute atomic E-state index is 3.57. The molecular formula is C16H14N2. The van der Waals surface area contributed by atoms with Crippen molar-refractivity contribution in [1.29, 1.82) is 0 Å². The molecule has 18 heavy (non-hydrogen) atoms. The zero-order valence-corrected chi connectivity index (χ0v) is 9.98. The summed E-state index contributed by atoms with van der Waals surface area (Å²) in [6.07, 6.45) is 0. The normalized spacial score (nSPS) is 18.1. The first-order valence-electron chi connectivity index (χ1n) is 6.31. The lowest BCUT2D eigenvalue weighted by atomic mass is 10.0. The Morgan fingerprint density at radius 3 is 2.72 bits per heavy atom. The zero-order valence-electron chi connectivity index (χ0n) is 9.98. The highest BCUT2D eigenvalue weighted by Gasteiger charge is 2.23. The van der Waals surface area contributed by atoms with E-state index in [1.165, 1.54) is 27.7 Å². The van der Waals surface area contributed by atoms with E-state index in [0.717, 1.165) is 6.54 Å². The molecule has 1 aliphatic rings. The largest absolute Gasteiger partial charge is 0.357 e. The summed E-state index contributed by atoms with van der Waals surface area (Å²) in [6.45, 7) is 0.955. The van der Waals surface area contributed by atoms with Gasteiger partial charge in [-0.25, -0.2) is 0 Å². The molecule has 0 fully saturated rings. The second-order valence-electron chi connectivity index (χ2n) is 4.82. The van der Waals surface area contributed by atoms with E-state index in [4.69, 9.17) is 0 Å². The average molecular weight is 234 g/mol. The molecule has 0 aliphatic carbocycles. The van der Waals surface area contributed by atoms with Gasteiger partial charge in [-0.1, -0.05) is 42.5 Å². The molecular weight excluding hydrogens is 220 g/mol. The molecule has 3 aromatic rings. The average Bonchev–Trinajstić information content (AvgIpc) is 3.02. The molecule has 0 bridgehead atoms. The number of para-hydroxylation sites is 1. The molecule has 2 nitrogen and oxygen atoms in total. The molecule has 2 aromatic carbocycles. The van der Waals surface area contributed by atoms with Crippen LogP contribution in [0.1, 0.15) is 22.9 Å². The summed E-state index contributed by atoms with van der Waals surface area (Å²) in [7, 11) is 0. The van der Waals surface area contributed by atoms with Crippen LogP contribution in [0.5, 0.6) is 0 Å². The fraction of sp³-hybridized carbons (Fsp3) is 0.125. The van der Waals surface area contributed by atoms with Gasteiger partial charge in [0.15, 0.2) is 0 Å². The third kappa shape index (κ3) is 1.39. The van der Waals surface area contributed by atoms with Crippen molar-refractivity contribution < 1.29 is 0 Å². The smallest absolute Gasteiger partial charge is 0.0735 e. The van der Waals surface area contributed by atoms with Gasteiger partial charge in [0, 0.05) is 17.8 Å². The predicted molar refractivity (Wildman–Crippen MR) is 73.4 cm³/mol. The molecule has 1 aliphatic heterocycles. The summed E-state index contributed by atoms with van der Waals surface area (Å²) in [5, 5.41) is 4.84. The van der Waals surface area contributed by atoms with Crippen molar-refractivity contribution in [2.24, 2.45) is 0 Å². The summed E-state index contributed by atoms with van der Waals surface area (Å²) in [5.41, 5.74) is 5.25. The maximum Gasteiger partial charge on any atom is 0.0735 e. The SMILES string of the molecule is c1ccc2c(c1)CNC2c1cc2ccccc2[nH]1. The third-order valence-electron chi connectivity index (χ3n) is 3.72. The fourth-order valence-electron chi connectivity index (χ4n) is 2.83. The molecule has 0 saturated carbocycles. The van der Waals surface area contributed by atoms with E-state index in [1.807, 2.05) is 0 Å². The van der Waals surface area contributed by atoms with Crippen molar-refractivity contribution >= 4 is 10.9 Å². The number of H-pyrrole nitrogens is 1. The van der Waals surface area contributed by atoms with E-state index in [2.05, 4.69) is 64.9 Å². The van der Waals surface area contributed by atoms with Crippen LogP contribution in [-0.2, 0) is 6.54 Å². The van der Waals surface area contributed by atoms with Crippen LogP contribution in [0.4, 0.5) is 0 Å². The topological polar surface area (TPSA) is 27.8 Å². The van der Waals surface area contributed by atoms with Gasteiger partial charge in [0.2, 0.25) is 0 Å². The number of fused-ring (bicyclic) bond motifs is 2. The molecule has 1 aromatic heterocycles. The fourth-order valence-corrected chi connectivity index (χ4v) is 2.83. The van der Waals surface area contributed by atoms with Crippen LogP contribution < -0.4 is 5.32 Å². The lowest BCUT2D eigenvalue weighted by Gasteiger charge is -2.09. The Morgan fingerprint density at radius 1 is 0.944 bits per heavy atom. The van der Waals surface area contributed by atoms with Gasteiger partial charge in [-0.3, -0.25) is 0 Å². The van der Waals surface area contributed by atoms with Gasteiger partial charge in [0.05, 0.1) is 6.04 Å². The van der Waals surface area contributed by atoms with Gasteiger partial charge in [-0.15, -0.1) is 0 Å². The number of hydrogen-bond donors (Lipinski definition) is 2. The first-order valence-corrected chi connectivity index (χ1v) is 6.31. The summed E-state index contributed by atoms with van der Waals surface area (Å²) < 4.78 is 0. The standard InChI is InChI=1S/C16H14N2/c1-3-7-13-12(6-1)10-17-16(13)15-9-11-5-2-4-8-14(11)18-15/h1-9,16-18H,10H2. The molecule has 4 rings (SSSR count). The van der Waals surface area contributed by atoms with E-state index in [0.29, 0.717) is 6.04 Å². The molecule has 2 N–H and O–H groups in total. The number of hydrogen-bond acceptors (Lipinski definition) is 1. The number of aromatic amines is 1. The molecule has 0 saturated heterocycles. The summed E-state index contributed by atoms with van der Waals surface area (Å²) >= 11 is 0. The minimum absolute atomic E-state index is 0.300. The van der Waals surface area contributed by atoms with Crippen molar-refractivity contribution in [3.63, 3.8) is 0 Å². The molecule has 2 heterocycles. The molecule has 1 atom stereocenters. The molecule has 0 radical (unpaired) electrons. The van der Waals surface area contributed by atoms with E-state index < -0.39 is 0 Å². The Hall–Kier alpha value is -2.06. The molecule has 0 amide bonds. The van der Waals surface area contributed by atoms with Crippen LogP contribution >= 0.6 is 0 Å². The van der Waals surface area contributed by atoms with Crippen molar-refractivity contribution in [1.82, 2.24) is 10.3 Å². The quantitative estimate of drug-likeness (QED) is 0.664. The van der Waals surface area contributed by atoms with Gasteiger partial charge < -0.3 is 10.3 Å². The van der Waals surface area contributed by atoms with Crippen LogP contribution in [-0.4, -0.2) is 4.98 Å². The number of aromatic nitrogens is 1. The molecule has 2 heteroatoms. The van der Waals surface area contributed by atoms with Gasteiger partial charge in [-0.05, 0) is 28.6 Å². The van der Waals surface area contributed by atoms with Crippen LogP contribution in [0.15, 0.2) is 54.6 Å². The van der Waals surface area contributed by atoms with Crippen molar-refractivity contribution in [2.75, 3.05) is 0 Å². The highest BCUT2D eigenvalue weighted by atomic mass is 15.0. The van der Waals surface area contributed by atoms with Crippen LogP contribution in [0.2, 0.25) is 0 Å². The second kappa shape index (κ2) is 3.72. The van der Waals surface area contributed by atoms with Gasteiger partial charge in [0.25, 0.3) is 0 Å². The maximum atomic E-state index is 3.57. The monoisotopic (exact) mass is 234 g/mol. The Labute approximate surface area is 106 Å². The first-order chi connectivity index (χ1) is 8.92. The van der Waals surface area contributed by atoms with E-state index in [9.17, 15) is 0 Å². The Morgan fingerprint density at radius 2 is 1.78 bits per heavy atom. The molecule has 0 spiro atoms. The molecule has 88 valence electrons. The Balaban J connectivity index is 1.85. The van der Waals surface area contributed by atoms with E-state index >= 15 is 0 Å². The van der Waals surface area contributed by atoms with Crippen molar-refractivity contribution in [3.05, 3.63) is 71.4 Å². The van der Waals surface area contributed by atoms with Crippen LogP contribution in [0.3, 0.4) is 0 Å². The predicted octanol–water partition coefficient (Wildman–Crippen LogP) is 3.36. The zero-order chi connectivity index (χ0) is 11.9. The van der Waals surface area contributed by atoms with E-state index in [-0.39, 0.29) is 0 Å². The van der Waals surface area contributed by atoms with Crippen LogP contribution in [0, 0.1) is 0 Å². The Kier molecular flexibility index (Phi) is 2.05. The highest BCUT2D eigenvalue weighted by Crippen LogP contribution is 2.31. The second-order valence-corrected chi connectivity index (χ2v) is 4.82. The van der Waals surface area contributed by atoms with Crippen LogP contribution in [0.25, 0.3) is 10.9 Å². The van der Waals surface area contributed by atoms with Crippen molar-refractivity contribution in [2.45, 2.75) is 12.6 Å². The molecule has 1 unspecified atom stereocenters. The van der Waals surface area contributed by atoms with Gasteiger partial charge in [-0.2, -0.15) is 0 Å². The number of rotatable bonds is 1. The summed E-state index contributed by atoms with van der Waals surface area (Å²) in [4.78, 5) is 3.52. The number of benzene rings is 2. The van der Waals surface area contributed by atoms with Gasteiger partial charge >= 0.3 is 0 Å². The third-order valence-corrected chi connectivity index (χ3v) is 3.72.